The maximum atomic E-state index is 11.0. The molecule has 10 heteroatoms. The first-order valence-electron chi connectivity index (χ1n) is 6.74. The summed E-state index contributed by atoms with van der Waals surface area (Å²) in [6.07, 6.45) is 0. The van der Waals surface area contributed by atoms with Gasteiger partial charge in [0.1, 0.15) is 24.7 Å². The Morgan fingerprint density at radius 3 is 1.17 bits per heavy atom. The van der Waals surface area contributed by atoms with E-state index in [-0.39, 0.29) is 23.8 Å². The molecule has 0 spiro atoms. The number of hydrogen-bond donors (Lipinski definition) is 4. The van der Waals surface area contributed by atoms with Gasteiger partial charge in [0.05, 0.1) is 10.6 Å². The molecule has 0 amide bonds. The molecule has 0 aliphatic heterocycles. The third kappa shape index (κ3) is 5.46. The maximum Gasteiger partial charge on any atom is 0.356 e. The van der Waals surface area contributed by atoms with Crippen LogP contribution in [0.2, 0.25) is 0 Å². The normalized spacial score (nSPS) is 12.0. The molecule has 4 N–H and O–H groups in total. The molecular formula is C14H16O8P2. The van der Waals surface area contributed by atoms with Gasteiger partial charge in [0, 0.05) is 0 Å². The number of benzene rings is 2. The zero-order chi connectivity index (χ0) is 17.8. The van der Waals surface area contributed by atoms with Crippen LogP contribution in [0.4, 0.5) is 0 Å². The summed E-state index contributed by atoms with van der Waals surface area (Å²) in [5.41, 5.74) is 0. The van der Waals surface area contributed by atoms with E-state index in [0.717, 1.165) is 0 Å². The smallest absolute Gasteiger partial charge is 0.356 e. The molecule has 0 aromatic heterocycles. The Morgan fingerprint density at radius 1 is 0.625 bits per heavy atom. The number of rotatable bonds is 7. The minimum atomic E-state index is -4.26. The molecule has 0 heterocycles. The molecular weight excluding hydrogens is 358 g/mol. The van der Waals surface area contributed by atoms with Crippen LogP contribution in [0.5, 0.6) is 11.5 Å². The van der Waals surface area contributed by atoms with Crippen molar-refractivity contribution in [1.29, 1.82) is 0 Å². The van der Waals surface area contributed by atoms with Crippen molar-refractivity contribution in [1.82, 2.24) is 0 Å². The molecule has 2 aromatic carbocycles. The molecule has 8 nitrogen and oxygen atoms in total. The van der Waals surface area contributed by atoms with Gasteiger partial charge in [-0.1, -0.05) is 0 Å². The zero-order valence-electron chi connectivity index (χ0n) is 12.3. The van der Waals surface area contributed by atoms with Crippen LogP contribution in [0.15, 0.2) is 48.5 Å². The number of ether oxygens (including phenoxy) is 2. The predicted octanol–water partition coefficient (Wildman–Crippen LogP) is 0.750. The van der Waals surface area contributed by atoms with E-state index in [9.17, 15) is 9.13 Å². The fraction of sp³-hybridized carbons (Fsp3) is 0.143. The van der Waals surface area contributed by atoms with Crippen molar-refractivity contribution in [3.63, 3.8) is 0 Å². The fourth-order valence-corrected chi connectivity index (χ4v) is 2.87. The summed E-state index contributed by atoms with van der Waals surface area (Å²) in [6.45, 7) is 0.380. The molecule has 130 valence electrons. The van der Waals surface area contributed by atoms with E-state index in [4.69, 9.17) is 29.0 Å². The minimum Gasteiger partial charge on any atom is -0.490 e. The van der Waals surface area contributed by atoms with Gasteiger partial charge in [0.2, 0.25) is 0 Å². The van der Waals surface area contributed by atoms with Gasteiger partial charge in [0.15, 0.2) is 0 Å². The molecule has 0 saturated heterocycles. The van der Waals surface area contributed by atoms with E-state index in [1.807, 2.05) is 0 Å². The second kappa shape index (κ2) is 7.49. The van der Waals surface area contributed by atoms with Crippen molar-refractivity contribution in [2.75, 3.05) is 13.2 Å². The van der Waals surface area contributed by atoms with Gasteiger partial charge in [0.25, 0.3) is 0 Å². The van der Waals surface area contributed by atoms with Gasteiger partial charge >= 0.3 is 15.2 Å². The second-order valence-corrected chi connectivity index (χ2v) is 7.98. The summed E-state index contributed by atoms with van der Waals surface area (Å²) in [4.78, 5) is 36.0. The molecule has 24 heavy (non-hydrogen) atoms. The summed E-state index contributed by atoms with van der Waals surface area (Å²) in [6, 6.07) is 10.9. The Kier molecular flexibility index (Phi) is 5.83. The summed E-state index contributed by atoms with van der Waals surface area (Å²) >= 11 is 0. The average Bonchev–Trinajstić information content (AvgIpc) is 2.51. The Bertz CT molecular complexity index is 693. The molecule has 0 saturated carbocycles. The first-order chi connectivity index (χ1) is 11.2. The highest BCUT2D eigenvalue weighted by atomic mass is 31.2. The third-order valence-corrected chi connectivity index (χ3v) is 4.91. The topological polar surface area (TPSA) is 134 Å². The summed E-state index contributed by atoms with van der Waals surface area (Å²) in [5, 5.41) is -0.174. The highest BCUT2D eigenvalue weighted by Crippen LogP contribution is 2.34. The largest absolute Gasteiger partial charge is 0.490 e. The van der Waals surface area contributed by atoms with E-state index in [1.165, 1.54) is 48.5 Å². The van der Waals surface area contributed by atoms with E-state index < -0.39 is 15.2 Å². The number of hydrogen-bond acceptors (Lipinski definition) is 4. The maximum absolute atomic E-state index is 11.0. The Morgan fingerprint density at radius 2 is 0.917 bits per heavy atom. The van der Waals surface area contributed by atoms with E-state index >= 15 is 0 Å². The van der Waals surface area contributed by atoms with Gasteiger partial charge < -0.3 is 29.0 Å². The van der Waals surface area contributed by atoms with Crippen LogP contribution in [-0.4, -0.2) is 32.8 Å². The highest BCUT2D eigenvalue weighted by molar-refractivity contribution is 7.60. The van der Waals surface area contributed by atoms with Crippen LogP contribution >= 0.6 is 15.2 Å². The van der Waals surface area contributed by atoms with Crippen molar-refractivity contribution in [2.45, 2.75) is 0 Å². The second-order valence-electron chi connectivity index (χ2n) is 4.77. The van der Waals surface area contributed by atoms with E-state index in [0.29, 0.717) is 11.5 Å². The molecule has 2 aromatic rings. The van der Waals surface area contributed by atoms with Crippen molar-refractivity contribution >= 4 is 25.8 Å². The van der Waals surface area contributed by atoms with Crippen molar-refractivity contribution in [2.24, 2.45) is 0 Å². The van der Waals surface area contributed by atoms with Gasteiger partial charge in [-0.25, -0.2) is 0 Å². The Balaban J connectivity index is 1.81. The quantitative estimate of drug-likeness (QED) is 0.412. The molecule has 0 bridgehead atoms. The lowest BCUT2D eigenvalue weighted by Gasteiger charge is -2.10. The monoisotopic (exact) mass is 374 g/mol. The lowest BCUT2D eigenvalue weighted by molar-refractivity contribution is 0.217. The van der Waals surface area contributed by atoms with Gasteiger partial charge in [-0.15, -0.1) is 0 Å². The summed E-state index contributed by atoms with van der Waals surface area (Å²) in [7, 11) is -8.52. The third-order valence-electron chi connectivity index (χ3n) is 2.97. The van der Waals surface area contributed by atoms with Gasteiger partial charge in [-0.05, 0) is 48.5 Å². The van der Waals surface area contributed by atoms with Crippen LogP contribution < -0.4 is 20.1 Å². The lowest BCUT2D eigenvalue weighted by atomic mass is 10.3. The Hall–Kier alpha value is -1.66. The lowest BCUT2D eigenvalue weighted by Crippen LogP contribution is -2.10. The standard InChI is InChI=1S/C14H16O8P2/c15-23(16,17)13-5-1-11(2-6-13)21-9-10-22-12-3-7-14(8-4-12)24(18,19)20/h1-8H,9-10H2,(H2,15,16,17)(H2,18,19,20). The fourth-order valence-electron chi connectivity index (χ4n) is 1.79. The molecule has 0 aliphatic carbocycles. The molecule has 0 fully saturated rings. The molecule has 0 aliphatic rings. The molecule has 0 unspecified atom stereocenters. The summed E-state index contributed by atoms with van der Waals surface area (Å²) < 4.78 is 32.8. The van der Waals surface area contributed by atoms with Crippen molar-refractivity contribution < 1.29 is 38.2 Å². The predicted molar refractivity (Wildman–Crippen MR) is 87.2 cm³/mol. The van der Waals surface area contributed by atoms with Crippen LogP contribution in [0.3, 0.4) is 0 Å². The molecule has 0 radical (unpaired) electrons. The average molecular weight is 374 g/mol. The van der Waals surface area contributed by atoms with Crippen LogP contribution in [0.1, 0.15) is 0 Å². The Labute approximate surface area is 138 Å². The summed E-state index contributed by atoms with van der Waals surface area (Å²) in [5.74, 6) is 0.875. The SMILES string of the molecule is O=P(O)(O)c1ccc(OCCOc2ccc(P(=O)(O)O)cc2)cc1. The van der Waals surface area contributed by atoms with Crippen LogP contribution in [0.25, 0.3) is 0 Å². The first kappa shape index (κ1) is 18.7. The first-order valence-corrected chi connectivity index (χ1v) is 9.97. The molecule has 0 atom stereocenters. The zero-order valence-corrected chi connectivity index (χ0v) is 14.1. The van der Waals surface area contributed by atoms with Gasteiger partial charge in [-0.2, -0.15) is 0 Å². The van der Waals surface area contributed by atoms with Crippen LogP contribution in [-0.2, 0) is 9.13 Å². The minimum absolute atomic E-state index is 0.0868. The van der Waals surface area contributed by atoms with Crippen LogP contribution in [0, 0.1) is 0 Å². The molecule has 2 rings (SSSR count). The van der Waals surface area contributed by atoms with E-state index in [1.54, 1.807) is 0 Å². The van der Waals surface area contributed by atoms with Crippen molar-refractivity contribution in [3.05, 3.63) is 48.5 Å². The highest BCUT2D eigenvalue weighted by Gasteiger charge is 2.17. The van der Waals surface area contributed by atoms with Crippen molar-refractivity contribution in [3.8, 4) is 11.5 Å². The van der Waals surface area contributed by atoms with Gasteiger partial charge in [-0.3, -0.25) is 9.13 Å². The van der Waals surface area contributed by atoms with E-state index in [2.05, 4.69) is 0 Å².